The molecule has 0 aliphatic rings. The van der Waals surface area contributed by atoms with E-state index in [0.717, 1.165) is 32.2 Å². The van der Waals surface area contributed by atoms with Gasteiger partial charge in [-0.15, -0.1) is 0 Å². The maximum atomic E-state index is 9.88. The summed E-state index contributed by atoms with van der Waals surface area (Å²) < 4.78 is 0. The molecule has 0 heterocycles. The Morgan fingerprint density at radius 1 is 1.18 bits per heavy atom. The van der Waals surface area contributed by atoms with Crippen molar-refractivity contribution in [1.29, 1.82) is 0 Å². The summed E-state index contributed by atoms with van der Waals surface area (Å²) in [5, 5.41) is 9.88. The molecular formula is C13H29N3O. The Balaban J connectivity index is 4.16. The van der Waals surface area contributed by atoms with Crippen LogP contribution in [0.15, 0.2) is 11.8 Å². The van der Waals surface area contributed by atoms with Gasteiger partial charge in [-0.05, 0) is 46.0 Å². The number of hydrogen-bond acceptors (Lipinski definition) is 4. The number of aliphatic hydroxyl groups excluding tert-OH is 1. The van der Waals surface area contributed by atoms with E-state index in [-0.39, 0.29) is 0 Å². The zero-order valence-electron chi connectivity index (χ0n) is 11.8. The summed E-state index contributed by atoms with van der Waals surface area (Å²) in [6, 6.07) is 0. The van der Waals surface area contributed by atoms with E-state index in [1.165, 1.54) is 5.70 Å². The Morgan fingerprint density at radius 2 is 1.82 bits per heavy atom. The summed E-state index contributed by atoms with van der Waals surface area (Å²) in [7, 11) is 7.98. The summed E-state index contributed by atoms with van der Waals surface area (Å²) in [5.74, 6) is 0. The second-order valence-corrected chi connectivity index (χ2v) is 4.98. The van der Waals surface area contributed by atoms with Crippen LogP contribution < -0.4 is 5.73 Å². The molecule has 0 aromatic carbocycles. The van der Waals surface area contributed by atoms with Crippen LogP contribution in [-0.2, 0) is 0 Å². The normalized spacial score (nSPS) is 14.2. The third-order valence-corrected chi connectivity index (χ3v) is 2.65. The van der Waals surface area contributed by atoms with Gasteiger partial charge in [-0.1, -0.05) is 6.42 Å². The average molecular weight is 243 g/mol. The fourth-order valence-electron chi connectivity index (χ4n) is 1.73. The van der Waals surface area contributed by atoms with Gasteiger partial charge in [0.05, 0.1) is 6.10 Å². The van der Waals surface area contributed by atoms with Crippen LogP contribution in [0, 0.1) is 0 Å². The second kappa shape index (κ2) is 9.45. The molecule has 0 rings (SSSR count). The predicted molar refractivity (Wildman–Crippen MR) is 73.9 cm³/mol. The Kier molecular flexibility index (Phi) is 9.13. The molecule has 0 fully saturated rings. The predicted octanol–water partition coefficient (Wildman–Crippen LogP) is 0.874. The molecule has 1 atom stereocenters. The summed E-state index contributed by atoms with van der Waals surface area (Å²) in [5.41, 5.74) is 6.68. The van der Waals surface area contributed by atoms with Crippen LogP contribution >= 0.6 is 0 Å². The van der Waals surface area contributed by atoms with Crippen molar-refractivity contribution in [2.75, 3.05) is 41.3 Å². The van der Waals surface area contributed by atoms with Gasteiger partial charge in [0.15, 0.2) is 0 Å². The van der Waals surface area contributed by atoms with E-state index in [4.69, 9.17) is 5.73 Å². The lowest BCUT2D eigenvalue weighted by molar-refractivity contribution is 0.175. The highest BCUT2D eigenvalue weighted by Crippen LogP contribution is 2.12. The highest BCUT2D eigenvalue weighted by Gasteiger charge is 2.06. The largest absolute Gasteiger partial charge is 0.388 e. The van der Waals surface area contributed by atoms with Crippen molar-refractivity contribution in [3.8, 4) is 0 Å². The van der Waals surface area contributed by atoms with Crippen molar-refractivity contribution >= 4 is 0 Å². The molecule has 3 N–H and O–H groups in total. The zero-order chi connectivity index (χ0) is 13.3. The van der Waals surface area contributed by atoms with Gasteiger partial charge in [0.25, 0.3) is 0 Å². The van der Waals surface area contributed by atoms with Crippen molar-refractivity contribution in [2.24, 2.45) is 5.73 Å². The van der Waals surface area contributed by atoms with Crippen LogP contribution in [-0.4, -0.2) is 62.3 Å². The van der Waals surface area contributed by atoms with E-state index in [0.29, 0.717) is 6.54 Å². The van der Waals surface area contributed by atoms with Gasteiger partial charge in [0.1, 0.15) is 0 Å². The van der Waals surface area contributed by atoms with Crippen LogP contribution in [0.1, 0.15) is 25.7 Å². The first-order valence-corrected chi connectivity index (χ1v) is 6.38. The minimum absolute atomic E-state index is 0.392. The Labute approximate surface area is 106 Å². The maximum Gasteiger partial charge on any atom is 0.0867 e. The van der Waals surface area contributed by atoms with Gasteiger partial charge in [-0.25, -0.2) is 0 Å². The maximum absolute atomic E-state index is 9.88. The van der Waals surface area contributed by atoms with E-state index < -0.39 is 6.10 Å². The van der Waals surface area contributed by atoms with Crippen LogP contribution in [0.4, 0.5) is 0 Å². The van der Waals surface area contributed by atoms with Gasteiger partial charge in [-0.2, -0.15) is 0 Å². The van der Waals surface area contributed by atoms with Crippen molar-refractivity contribution in [3.63, 3.8) is 0 Å². The fourth-order valence-corrected chi connectivity index (χ4v) is 1.73. The first kappa shape index (κ1) is 16.4. The molecule has 4 nitrogen and oxygen atoms in total. The molecule has 0 aliphatic carbocycles. The van der Waals surface area contributed by atoms with Gasteiger partial charge in [0.2, 0.25) is 0 Å². The Bertz CT molecular complexity index is 215. The van der Waals surface area contributed by atoms with E-state index >= 15 is 0 Å². The minimum Gasteiger partial charge on any atom is -0.388 e. The molecular weight excluding hydrogens is 214 g/mol. The highest BCUT2D eigenvalue weighted by atomic mass is 16.3. The van der Waals surface area contributed by atoms with Crippen molar-refractivity contribution in [1.82, 2.24) is 9.80 Å². The Hall–Kier alpha value is -0.580. The summed E-state index contributed by atoms with van der Waals surface area (Å²) in [6.07, 6.45) is 5.96. The van der Waals surface area contributed by atoms with E-state index in [1.54, 1.807) is 0 Å². The molecule has 0 amide bonds. The molecule has 0 aromatic heterocycles. The average Bonchev–Trinajstić information content (AvgIpc) is 2.21. The lowest BCUT2D eigenvalue weighted by Crippen LogP contribution is -2.25. The molecule has 0 radical (unpaired) electrons. The molecule has 0 spiro atoms. The Morgan fingerprint density at radius 3 is 2.29 bits per heavy atom. The van der Waals surface area contributed by atoms with Gasteiger partial charge in [0, 0.05) is 26.3 Å². The molecule has 0 bridgehead atoms. The summed E-state index contributed by atoms with van der Waals surface area (Å²) in [6.45, 7) is 1.43. The molecule has 0 saturated carbocycles. The van der Waals surface area contributed by atoms with Crippen molar-refractivity contribution in [2.45, 2.75) is 31.8 Å². The molecule has 1 unspecified atom stereocenters. The second-order valence-electron chi connectivity index (χ2n) is 4.98. The smallest absolute Gasteiger partial charge is 0.0867 e. The highest BCUT2D eigenvalue weighted by molar-refractivity contribution is 5.03. The monoisotopic (exact) mass is 243 g/mol. The third-order valence-electron chi connectivity index (χ3n) is 2.65. The topological polar surface area (TPSA) is 52.7 Å². The van der Waals surface area contributed by atoms with Crippen LogP contribution in [0.2, 0.25) is 0 Å². The summed E-state index contributed by atoms with van der Waals surface area (Å²) in [4.78, 5) is 4.07. The molecule has 102 valence electrons. The molecule has 0 aromatic rings. The van der Waals surface area contributed by atoms with Crippen molar-refractivity contribution < 1.29 is 5.11 Å². The first-order valence-electron chi connectivity index (χ1n) is 6.38. The number of nitrogens with two attached hydrogens (primary N) is 1. The molecule has 17 heavy (non-hydrogen) atoms. The van der Waals surface area contributed by atoms with Gasteiger partial charge >= 0.3 is 0 Å². The quantitative estimate of drug-likeness (QED) is 0.590. The van der Waals surface area contributed by atoms with E-state index in [2.05, 4.69) is 4.90 Å². The van der Waals surface area contributed by atoms with Crippen LogP contribution in [0.5, 0.6) is 0 Å². The fraction of sp³-hybridized carbons (Fsp3) is 0.846. The van der Waals surface area contributed by atoms with Gasteiger partial charge in [-0.3, -0.25) is 0 Å². The van der Waals surface area contributed by atoms with Crippen LogP contribution in [0.3, 0.4) is 0 Å². The third kappa shape index (κ3) is 9.15. The summed E-state index contributed by atoms with van der Waals surface area (Å²) >= 11 is 0. The minimum atomic E-state index is -0.392. The van der Waals surface area contributed by atoms with Crippen molar-refractivity contribution in [3.05, 3.63) is 11.8 Å². The lowest BCUT2D eigenvalue weighted by atomic mass is 10.1. The standard InChI is InChI=1S/C13H29N3O/c1-15(2)11-13(17)10-12(16(3)4)8-6-5-7-9-14/h10,13,17H,5-9,11,14H2,1-4H3. The SMILES string of the molecule is CN(C)CC(O)C=C(CCCCCN)N(C)C. The number of hydrogen-bond donors (Lipinski definition) is 2. The van der Waals surface area contributed by atoms with Crippen LogP contribution in [0.25, 0.3) is 0 Å². The number of likely N-dealkylation sites (N-methyl/N-ethyl adjacent to an activating group) is 1. The number of aliphatic hydroxyl groups is 1. The zero-order valence-corrected chi connectivity index (χ0v) is 11.8. The number of allylic oxidation sites excluding steroid dienone is 1. The van der Waals surface area contributed by atoms with E-state index in [9.17, 15) is 5.11 Å². The first-order chi connectivity index (χ1) is 7.97. The van der Waals surface area contributed by atoms with Gasteiger partial charge < -0.3 is 20.6 Å². The lowest BCUT2D eigenvalue weighted by Gasteiger charge is -2.20. The number of unbranched alkanes of at least 4 members (excludes halogenated alkanes) is 2. The molecule has 4 heteroatoms. The number of rotatable bonds is 9. The van der Waals surface area contributed by atoms with E-state index in [1.807, 2.05) is 39.2 Å². The molecule has 0 aliphatic heterocycles. The number of nitrogens with zero attached hydrogens (tertiary/aromatic N) is 2. The molecule has 0 saturated heterocycles.